The highest BCUT2D eigenvalue weighted by Gasteiger charge is 1.93. The van der Waals surface area contributed by atoms with E-state index in [1.807, 2.05) is 0 Å². The molecule has 0 saturated carbocycles. The van der Waals surface area contributed by atoms with Crippen LogP contribution in [0, 0.1) is 6.61 Å². The van der Waals surface area contributed by atoms with Crippen molar-refractivity contribution in [3.8, 4) is 0 Å². The van der Waals surface area contributed by atoms with E-state index in [-0.39, 0.29) is 0 Å². The molecule has 0 saturated heterocycles. The lowest BCUT2D eigenvalue weighted by atomic mass is 10.4. The second-order valence-corrected chi connectivity index (χ2v) is 2.10. The monoisotopic (exact) mass is 131 g/mol. The molecule has 0 aromatic heterocycles. The first-order chi connectivity index (χ1) is 4.27. The average molecular weight is 131 g/mol. The van der Waals surface area contributed by atoms with Gasteiger partial charge in [0.15, 0.2) is 0 Å². The van der Waals surface area contributed by atoms with Gasteiger partial charge in [-0.15, -0.1) is 0 Å². The van der Waals surface area contributed by atoms with Crippen LogP contribution in [0.3, 0.4) is 0 Å². The van der Waals surface area contributed by atoms with Crippen molar-refractivity contribution in [2.24, 2.45) is 0 Å². The Hall–Kier alpha value is -0.0800. The Kier molecular flexibility index (Phi) is 5.99. The van der Waals surface area contributed by atoms with Gasteiger partial charge in [0.2, 0.25) is 0 Å². The van der Waals surface area contributed by atoms with E-state index >= 15 is 0 Å². The van der Waals surface area contributed by atoms with Crippen LogP contribution in [0.5, 0.6) is 0 Å². The van der Waals surface area contributed by atoms with Crippen molar-refractivity contribution in [3.05, 3.63) is 6.61 Å². The van der Waals surface area contributed by atoms with Crippen molar-refractivity contribution in [2.45, 2.75) is 32.8 Å². The summed E-state index contributed by atoms with van der Waals surface area (Å²) in [6.45, 7) is 5.95. The highest BCUT2D eigenvalue weighted by molar-refractivity contribution is 4.56. The largest absolute Gasteiger partial charge is 0.391 e. The lowest BCUT2D eigenvalue weighted by Crippen LogP contribution is -2.04. The second kappa shape index (κ2) is 6.05. The van der Waals surface area contributed by atoms with Gasteiger partial charge in [-0.1, -0.05) is 13.3 Å². The van der Waals surface area contributed by atoms with Crippen LogP contribution in [-0.2, 0) is 4.74 Å². The maximum Gasteiger partial charge on any atom is 0.112 e. The lowest BCUT2D eigenvalue weighted by molar-refractivity contribution is 0.101. The molecule has 0 aromatic carbocycles. The van der Waals surface area contributed by atoms with E-state index in [0.717, 1.165) is 19.4 Å². The van der Waals surface area contributed by atoms with E-state index in [1.165, 1.54) is 6.61 Å². The third-order valence-corrected chi connectivity index (χ3v) is 0.909. The first-order valence-electron chi connectivity index (χ1n) is 3.40. The van der Waals surface area contributed by atoms with Crippen LogP contribution in [0.15, 0.2) is 0 Å². The minimum Gasteiger partial charge on any atom is -0.391 e. The molecule has 0 amide bonds. The fourth-order valence-corrected chi connectivity index (χ4v) is 0.435. The number of aliphatic hydroxyl groups excluding tert-OH is 1. The number of hydrogen-bond acceptors (Lipinski definition) is 2. The van der Waals surface area contributed by atoms with Gasteiger partial charge in [0, 0.05) is 6.61 Å². The molecule has 0 bridgehead atoms. The van der Waals surface area contributed by atoms with Gasteiger partial charge in [-0.05, 0) is 13.3 Å². The fourth-order valence-electron chi connectivity index (χ4n) is 0.435. The first-order valence-corrected chi connectivity index (χ1v) is 3.40. The molecule has 0 rings (SSSR count). The van der Waals surface area contributed by atoms with Crippen LogP contribution in [0.2, 0.25) is 0 Å². The molecule has 1 unspecified atom stereocenters. The molecule has 0 aliphatic rings. The maximum absolute atomic E-state index is 8.67. The average Bonchev–Trinajstić information content (AvgIpc) is 1.80. The summed E-state index contributed by atoms with van der Waals surface area (Å²) in [5.74, 6) is 0. The van der Waals surface area contributed by atoms with Gasteiger partial charge >= 0.3 is 0 Å². The zero-order chi connectivity index (χ0) is 7.11. The molecule has 0 aromatic rings. The highest BCUT2D eigenvalue weighted by atomic mass is 16.5. The van der Waals surface area contributed by atoms with E-state index < -0.39 is 6.10 Å². The molecule has 55 valence electrons. The summed E-state index contributed by atoms with van der Waals surface area (Å²) in [5, 5.41) is 8.67. The van der Waals surface area contributed by atoms with Crippen LogP contribution < -0.4 is 0 Å². The Labute approximate surface area is 56.8 Å². The number of ether oxygens (including phenoxy) is 1. The Balaban J connectivity index is 2.75. The van der Waals surface area contributed by atoms with E-state index in [9.17, 15) is 0 Å². The van der Waals surface area contributed by atoms with Crippen LogP contribution in [-0.4, -0.2) is 17.8 Å². The third-order valence-electron chi connectivity index (χ3n) is 0.909. The standard InChI is InChI=1S/C7H15O2/c1-3-4-5-9-6-7(2)8/h6-8H,3-5H2,1-2H3. The molecule has 0 fully saturated rings. The summed E-state index contributed by atoms with van der Waals surface area (Å²) in [6.07, 6.45) is 1.75. The third kappa shape index (κ3) is 7.92. The topological polar surface area (TPSA) is 29.5 Å². The maximum atomic E-state index is 8.67. The number of aliphatic hydroxyl groups is 1. The van der Waals surface area contributed by atoms with Gasteiger partial charge in [0.25, 0.3) is 0 Å². The molecule has 0 aliphatic carbocycles. The van der Waals surface area contributed by atoms with Crippen molar-refractivity contribution in [2.75, 3.05) is 6.61 Å². The molecule has 2 heteroatoms. The minimum atomic E-state index is -0.443. The summed E-state index contributed by atoms with van der Waals surface area (Å²) in [6, 6.07) is 0. The predicted octanol–water partition coefficient (Wildman–Crippen LogP) is 1.35. The van der Waals surface area contributed by atoms with Gasteiger partial charge in [-0.3, -0.25) is 0 Å². The summed E-state index contributed by atoms with van der Waals surface area (Å²) in [4.78, 5) is 0. The summed E-state index contributed by atoms with van der Waals surface area (Å²) >= 11 is 0. The normalized spacial score (nSPS) is 13.7. The lowest BCUT2D eigenvalue weighted by Gasteiger charge is -2.02. The summed E-state index contributed by atoms with van der Waals surface area (Å²) in [7, 11) is 0. The Bertz CT molecular complexity index is 52.9. The van der Waals surface area contributed by atoms with Gasteiger partial charge < -0.3 is 9.84 Å². The summed E-state index contributed by atoms with van der Waals surface area (Å²) in [5.41, 5.74) is 0. The van der Waals surface area contributed by atoms with E-state index in [2.05, 4.69) is 6.92 Å². The number of rotatable bonds is 5. The van der Waals surface area contributed by atoms with Crippen LogP contribution >= 0.6 is 0 Å². The van der Waals surface area contributed by atoms with E-state index in [4.69, 9.17) is 9.84 Å². The van der Waals surface area contributed by atoms with Crippen molar-refractivity contribution in [3.63, 3.8) is 0 Å². The fraction of sp³-hybridized carbons (Fsp3) is 0.857. The predicted molar refractivity (Wildman–Crippen MR) is 36.8 cm³/mol. The molecule has 1 atom stereocenters. The zero-order valence-corrected chi connectivity index (χ0v) is 6.13. The Morgan fingerprint density at radius 3 is 2.78 bits per heavy atom. The van der Waals surface area contributed by atoms with Crippen molar-refractivity contribution in [1.29, 1.82) is 0 Å². The van der Waals surface area contributed by atoms with E-state index in [0.29, 0.717) is 0 Å². The first kappa shape index (κ1) is 8.92. The zero-order valence-electron chi connectivity index (χ0n) is 6.13. The van der Waals surface area contributed by atoms with Crippen LogP contribution in [0.1, 0.15) is 26.7 Å². The number of unbranched alkanes of at least 4 members (excludes halogenated alkanes) is 1. The molecule has 2 nitrogen and oxygen atoms in total. The van der Waals surface area contributed by atoms with Crippen LogP contribution in [0.4, 0.5) is 0 Å². The molecule has 0 heterocycles. The molecule has 1 N–H and O–H groups in total. The Morgan fingerprint density at radius 1 is 1.67 bits per heavy atom. The summed E-state index contributed by atoms with van der Waals surface area (Å²) < 4.78 is 4.96. The van der Waals surface area contributed by atoms with Crippen molar-refractivity contribution >= 4 is 0 Å². The second-order valence-electron chi connectivity index (χ2n) is 2.10. The quantitative estimate of drug-likeness (QED) is 0.570. The molecule has 9 heavy (non-hydrogen) atoms. The van der Waals surface area contributed by atoms with Crippen molar-refractivity contribution in [1.82, 2.24) is 0 Å². The molecular formula is C7H15O2. The number of hydrogen-bond donors (Lipinski definition) is 1. The van der Waals surface area contributed by atoms with Crippen LogP contribution in [0.25, 0.3) is 0 Å². The van der Waals surface area contributed by atoms with Crippen molar-refractivity contribution < 1.29 is 9.84 Å². The minimum absolute atomic E-state index is 0.443. The molecule has 0 spiro atoms. The molecule has 1 radical (unpaired) electrons. The SMILES string of the molecule is CCCCO[CH]C(C)O. The van der Waals surface area contributed by atoms with Gasteiger partial charge in [-0.25, -0.2) is 0 Å². The smallest absolute Gasteiger partial charge is 0.112 e. The highest BCUT2D eigenvalue weighted by Crippen LogP contribution is 1.93. The van der Waals surface area contributed by atoms with Gasteiger partial charge in [0.05, 0.1) is 6.10 Å². The van der Waals surface area contributed by atoms with Gasteiger partial charge in [0.1, 0.15) is 6.61 Å². The Morgan fingerprint density at radius 2 is 2.33 bits per heavy atom. The van der Waals surface area contributed by atoms with E-state index in [1.54, 1.807) is 6.92 Å². The molecular weight excluding hydrogens is 116 g/mol. The molecule has 0 aliphatic heterocycles. The van der Waals surface area contributed by atoms with Gasteiger partial charge in [-0.2, -0.15) is 0 Å².